The highest BCUT2D eigenvalue weighted by Crippen LogP contribution is 2.25. The molecule has 0 saturated heterocycles. The van der Waals surface area contributed by atoms with Crippen molar-refractivity contribution in [2.24, 2.45) is 0 Å². The van der Waals surface area contributed by atoms with Gasteiger partial charge in [0.05, 0.1) is 0 Å². The monoisotopic (exact) mass is 227 g/mol. The fraction of sp³-hybridized carbons (Fsp3) is 0.250. The normalized spacial score (nSPS) is 10.5. The van der Waals surface area contributed by atoms with Crippen LogP contribution in [0.5, 0.6) is 0 Å². The number of aryl methyl sites for hydroxylation is 2. The van der Waals surface area contributed by atoms with Gasteiger partial charge < -0.3 is 0 Å². The Morgan fingerprint density at radius 1 is 1.06 bits per heavy atom. The van der Waals surface area contributed by atoms with Crippen LogP contribution in [-0.4, -0.2) is 0 Å². The zero-order chi connectivity index (χ0) is 12.3. The molecule has 0 N–H and O–H groups in total. The summed E-state index contributed by atoms with van der Waals surface area (Å²) in [5.41, 5.74) is 4.11. The highest BCUT2D eigenvalue weighted by Gasteiger charge is 2.06. The molecule has 0 aliphatic heterocycles. The molecule has 0 bridgehead atoms. The second-order valence-corrected chi connectivity index (χ2v) is 4.08. The van der Waals surface area contributed by atoms with Crippen LogP contribution < -0.4 is 0 Å². The molecule has 0 aliphatic carbocycles. The Kier molecular flexibility index (Phi) is 3.58. The van der Waals surface area contributed by atoms with Crippen molar-refractivity contribution in [3.05, 3.63) is 59.4 Å². The summed E-state index contributed by atoms with van der Waals surface area (Å²) in [4.78, 5) is 0. The van der Waals surface area contributed by atoms with Gasteiger partial charge in [-0.15, -0.1) is 0 Å². The molecule has 0 heterocycles. The lowest BCUT2D eigenvalue weighted by Crippen LogP contribution is -1.93. The molecule has 0 nitrogen and oxygen atoms in total. The Morgan fingerprint density at radius 3 is 2.47 bits per heavy atom. The van der Waals surface area contributed by atoms with Crippen LogP contribution in [0.25, 0.3) is 11.1 Å². The minimum atomic E-state index is -0.209. The van der Waals surface area contributed by atoms with E-state index in [0.29, 0.717) is 5.56 Å². The molecule has 0 amide bonds. The van der Waals surface area contributed by atoms with Crippen LogP contribution in [0.3, 0.4) is 0 Å². The maximum absolute atomic E-state index is 13.7. The summed E-state index contributed by atoms with van der Waals surface area (Å²) < 4.78 is 13.7. The quantitative estimate of drug-likeness (QED) is 0.728. The third-order valence-corrected chi connectivity index (χ3v) is 3.06. The van der Waals surface area contributed by atoms with Crippen LogP contribution in [0.2, 0.25) is 0 Å². The minimum absolute atomic E-state index is 0.209. The lowest BCUT2D eigenvalue weighted by molar-refractivity contribution is 0.631. The second kappa shape index (κ2) is 5.13. The Labute approximate surface area is 102 Å². The fourth-order valence-corrected chi connectivity index (χ4v) is 2.09. The van der Waals surface area contributed by atoms with Crippen LogP contribution >= 0.6 is 0 Å². The van der Waals surface area contributed by atoms with E-state index in [9.17, 15) is 4.39 Å². The molecular weight excluding hydrogens is 211 g/mol. The molecule has 0 spiro atoms. The summed E-state index contributed by atoms with van der Waals surface area (Å²) in [6.07, 6.45) is 2.00. The zero-order valence-electron chi connectivity index (χ0n) is 10.3. The van der Waals surface area contributed by atoms with Gasteiger partial charge >= 0.3 is 0 Å². The van der Waals surface area contributed by atoms with Crippen LogP contribution in [0.15, 0.2) is 36.4 Å². The van der Waals surface area contributed by atoms with Crippen molar-refractivity contribution < 1.29 is 4.39 Å². The Morgan fingerprint density at radius 2 is 1.82 bits per heavy atom. The van der Waals surface area contributed by atoms with E-state index in [-0.39, 0.29) is 5.82 Å². The smallest absolute Gasteiger partial charge is 0.131 e. The van der Waals surface area contributed by atoms with Gasteiger partial charge in [-0.3, -0.25) is 0 Å². The van der Waals surface area contributed by atoms with Crippen molar-refractivity contribution in [2.75, 3.05) is 0 Å². The van der Waals surface area contributed by atoms with Crippen LogP contribution in [0, 0.1) is 11.9 Å². The van der Waals surface area contributed by atoms with E-state index < -0.39 is 0 Å². The SMILES string of the molecule is CCc1ccc(-c2[c]cccc2F)cc1CC. The third kappa shape index (κ3) is 2.38. The van der Waals surface area contributed by atoms with Gasteiger partial charge in [-0.2, -0.15) is 0 Å². The number of hydrogen-bond acceptors (Lipinski definition) is 0. The molecule has 87 valence electrons. The Hall–Kier alpha value is -1.63. The van der Waals surface area contributed by atoms with Crippen molar-refractivity contribution in [3.8, 4) is 11.1 Å². The van der Waals surface area contributed by atoms with E-state index in [1.807, 2.05) is 6.07 Å². The van der Waals surface area contributed by atoms with E-state index in [1.54, 1.807) is 12.1 Å². The molecule has 0 atom stereocenters. The van der Waals surface area contributed by atoms with Gasteiger partial charge in [-0.05, 0) is 41.7 Å². The minimum Gasteiger partial charge on any atom is -0.206 e. The highest BCUT2D eigenvalue weighted by molar-refractivity contribution is 5.65. The van der Waals surface area contributed by atoms with Crippen LogP contribution in [0.4, 0.5) is 4.39 Å². The summed E-state index contributed by atoms with van der Waals surface area (Å²) in [5.74, 6) is -0.209. The first-order chi connectivity index (χ1) is 8.26. The molecule has 2 aromatic rings. The van der Waals surface area contributed by atoms with Crippen molar-refractivity contribution in [3.63, 3.8) is 0 Å². The number of halogens is 1. The maximum Gasteiger partial charge on any atom is 0.131 e. The van der Waals surface area contributed by atoms with E-state index in [4.69, 9.17) is 0 Å². The second-order valence-electron chi connectivity index (χ2n) is 4.08. The number of rotatable bonds is 3. The molecule has 0 aromatic heterocycles. The van der Waals surface area contributed by atoms with E-state index in [0.717, 1.165) is 18.4 Å². The van der Waals surface area contributed by atoms with Gasteiger partial charge in [-0.25, -0.2) is 4.39 Å². The lowest BCUT2D eigenvalue weighted by Gasteiger charge is -2.09. The fourth-order valence-electron chi connectivity index (χ4n) is 2.09. The van der Waals surface area contributed by atoms with Gasteiger partial charge in [0.2, 0.25) is 0 Å². The summed E-state index contributed by atoms with van der Waals surface area (Å²) in [7, 11) is 0. The van der Waals surface area contributed by atoms with Gasteiger partial charge in [-0.1, -0.05) is 44.2 Å². The topological polar surface area (TPSA) is 0 Å². The van der Waals surface area contributed by atoms with E-state index in [2.05, 4.69) is 32.0 Å². The van der Waals surface area contributed by atoms with Gasteiger partial charge in [0.1, 0.15) is 5.82 Å². The van der Waals surface area contributed by atoms with E-state index >= 15 is 0 Å². The van der Waals surface area contributed by atoms with Gasteiger partial charge in [0.25, 0.3) is 0 Å². The van der Waals surface area contributed by atoms with Crippen molar-refractivity contribution >= 4 is 0 Å². The molecule has 1 radical (unpaired) electrons. The molecule has 0 unspecified atom stereocenters. The summed E-state index contributed by atoms with van der Waals surface area (Å²) in [6.45, 7) is 4.27. The van der Waals surface area contributed by atoms with Gasteiger partial charge in [0, 0.05) is 5.56 Å². The van der Waals surface area contributed by atoms with Crippen molar-refractivity contribution in [2.45, 2.75) is 26.7 Å². The zero-order valence-corrected chi connectivity index (χ0v) is 10.3. The standard InChI is InChI=1S/C16H16F/c1-3-12-9-10-14(11-13(12)4-2)15-7-5-6-8-16(15)17/h5-6,8-11H,3-4H2,1-2H3. The molecule has 2 rings (SSSR count). The molecule has 0 aliphatic rings. The lowest BCUT2D eigenvalue weighted by atomic mass is 9.96. The number of hydrogen-bond donors (Lipinski definition) is 0. The van der Waals surface area contributed by atoms with Crippen molar-refractivity contribution in [1.29, 1.82) is 0 Å². The molecule has 0 fully saturated rings. The predicted octanol–water partition coefficient (Wildman–Crippen LogP) is 4.42. The maximum atomic E-state index is 13.7. The third-order valence-electron chi connectivity index (χ3n) is 3.06. The van der Waals surface area contributed by atoms with Crippen LogP contribution in [0.1, 0.15) is 25.0 Å². The highest BCUT2D eigenvalue weighted by atomic mass is 19.1. The first-order valence-electron chi connectivity index (χ1n) is 6.04. The van der Waals surface area contributed by atoms with Crippen molar-refractivity contribution in [1.82, 2.24) is 0 Å². The summed E-state index contributed by atoms with van der Waals surface area (Å²) in [5, 5.41) is 0. The first kappa shape index (κ1) is 11.8. The molecule has 2 aromatic carbocycles. The molecule has 0 saturated carbocycles. The Balaban J connectivity index is 2.50. The summed E-state index contributed by atoms with van der Waals surface area (Å²) >= 11 is 0. The molecular formula is C16H16F. The molecule has 1 heteroatoms. The Bertz CT molecular complexity index is 515. The van der Waals surface area contributed by atoms with Crippen LogP contribution in [-0.2, 0) is 12.8 Å². The molecule has 17 heavy (non-hydrogen) atoms. The first-order valence-corrected chi connectivity index (χ1v) is 6.04. The van der Waals surface area contributed by atoms with E-state index in [1.165, 1.54) is 17.2 Å². The predicted molar refractivity (Wildman–Crippen MR) is 69.4 cm³/mol. The summed E-state index contributed by atoms with van der Waals surface area (Å²) in [6, 6.07) is 14.0. The average Bonchev–Trinajstić information content (AvgIpc) is 2.38. The number of benzene rings is 2. The van der Waals surface area contributed by atoms with Gasteiger partial charge in [0.15, 0.2) is 0 Å². The average molecular weight is 227 g/mol. The largest absolute Gasteiger partial charge is 0.206 e.